The summed E-state index contributed by atoms with van der Waals surface area (Å²) in [7, 11) is 0. The van der Waals surface area contributed by atoms with Crippen LogP contribution in [0.5, 0.6) is 0 Å². The molecule has 1 aliphatic heterocycles. The summed E-state index contributed by atoms with van der Waals surface area (Å²) in [6.45, 7) is 0.731. The van der Waals surface area contributed by atoms with Crippen LogP contribution < -0.4 is 5.32 Å². The number of rotatable bonds is 1. The molecule has 0 aromatic carbocycles. The maximum absolute atomic E-state index is 11.1. The Morgan fingerprint density at radius 3 is 3.00 bits per heavy atom. The van der Waals surface area contributed by atoms with Gasteiger partial charge in [0.1, 0.15) is 5.82 Å². The van der Waals surface area contributed by atoms with Gasteiger partial charge in [0.25, 0.3) is 0 Å². The summed E-state index contributed by atoms with van der Waals surface area (Å²) >= 11 is 9.75. The van der Waals surface area contributed by atoms with E-state index in [-0.39, 0.29) is 23.7 Å². The van der Waals surface area contributed by atoms with E-state index in [1.165, 1.54) is 0 Å². The van der Waals surface area contributed by atoms with E-state index in [0.29, 0.717) is 17.9 Å². The Balaban J connectivity index is 0.00000133. The molecule has 1 aromatic heterocycles. The summed E-state index contributed by atoms with van der Waals surface area (Å²) in [6, 6.07) is 0. The van der Waals surface area contributed by atoms with Crippen LogP contribution in [0.15, 0.2) is 10.7 Å². The molecule has 4 nitrogen and oxygen atoms in total. The Morgan fingerprint density at radius 1 is 1.63 bits per heavy atom. The minimum absolute atomic E-state index is 0. The van der Waals surface area contributed by atoms with E-state index in [1.54, 1.807) is 6.20 Å². The molecule has 0 amide bonds. The topological polar surface area (TPSA) is 62.2 Å². The molecule has 1 aromatic rings. The van der Waals surface area contributed by atoms with Gasteiger partial charge < -0.3 is 10.4 Å². The molecule has 0 radical (unpaired) electrons. The van der Waals surface area contributed by atoms with Crippen molar-refractivity contribution in [2.75, 3.05) is 11.9 Å². The van der Waals surface area contributed by atoms with Gasteiger partial charge in [-0.15, -0.1) is 12.4 Å². The second kappa shape index (κ2) is 5.11. The fourth-order valence-electron chi connectivity index (χ4n) is 3.15. The standard InChI is InChI=1S/C12H12BrClN2O2.ClH/c13-7-4-15-10-8(9(7)14)12(5-16-10)2-1-6(3-12)11(17)18;/h4,6H,1-3,5H2,(H,15,16)(H,17,18);1H. The van der Waals surface area contributed by atoms with Crippen molar-refractivity contribution in [2.45, 2.75) is 24.7 Å². The zero-order valence-electron chi connectivity index (χ0n) is 9.95. The zero-order chi connectivity index (χ0) is 12.9. The molecule has 1 saturated carbocycles. The number of hydrogen-bond donors (Lipinski definition) is 2. The van der Waals surface area contributed by atoms with Crippen LogP contribution in [-0.2, 0) is 10.2 Å². The van der Waals surface area contributed by atoms with E-state index in [0.717, 1.165) is 28.8 Å². The average Bonchev–Trinajstić information content (AvgIpc) is 2.91. The Morgan fingerprint density at radius 2 is 2.37 bits per heavy atom. The fraction of sp³-hybridized carbons (Fsp3) is 0.500. The number of pyridine rings is 1. The number of halogens is 3. The molecule has 2 aliphatic rings. The molecule has 1 spiro atoms. The van der Waals surface area contributed by atoms with Crippen LogP contribution in [0.25, 0.3) is 0 Å². The van der Waals surface area contributed by atoms with Gasteiger partial charge in [-0.05, 0) is 35.2 Å². The van der Waals surface area contributed by atoms with Crippen LogP contribution >= 0.6 is 39.9 Å². The lowest BCUT2D eigenvalue weighted by Crippen LogP contribution is -2.26. The number of nitrogens with one attached hydrogen (secondary N) is 1. The van der Waals surface area contributed by atoms with Crippen LogP contribution in [0.4, 0.5) is 5.82 Å². The number of carboxylic acid groups (broad SMARTS) is 1. The van der Waals surface area contributed by atoms with E-state index in [9.17, 15) is 4.79 Å². The predicted molar refractivity (Wildman–Crippen MR) is 79.3 cm³/mol. The monoisotopic (exact) mass is 366 g/mol. The lowest BCUT2D eigenvalue weighted by molar-refractivity contribution is -0.141. The number of nitrogens with zero attached hydrogens (tertiary/aromatic N) is 1. The molecule has 2 N–H and O–H groups in total. The van der Waals surface area contributed by atoms with Gasteiger partial charge in [-0.2, -0.15) is 0 Å². The SMILES string of the molecule is Cl.O=C(O)C1CCC2(CNc3ncc(Br)c(Cl)c32)C1. The molecular formula is C12H13BrCl2N2O2. The second-order valence-electron chi connectivity index (χ2n) is 5.06. The molecule has 1 fully saturated rings. The first-order valence-electron chi connectivity index (χ1n) is 5.85. The molecule has 104 valence electrons. The van der Waals surface area contributed by atoms with Crippen LogP contribution in [0, 0.1) is 5.92 Å². The first-order valence-corrected chi connectivity index (χ1v) is 7.02. The first kappa shape index (κ1) is 14.9. The Hall–Kier alpha value is -0.520. The normalized spacial score (nSPS) is 27.8. The molecular weight excluding hydrogens is 355 g/mol. The highest BCUT2D eigenvalue weighted by atomic mass is 79.9. The molecule has 2 unspecified atom stereocenters. The predicted octanol–water partition coefficient (Wildman–Crippen LogP) is 3.47. The van der Waals surface area contributed by atoms with Gasteiger partial charge in [0, 0.05) is 23.7 Å². The van der Waals surface area contributed by atoms with Gasteiger partial charge >= 0.3 is 5.97 Å². The van der Waals surface area contributed by atoms with Crippen molar-refractivity contribution in [3.8, 4) is 0 Å². The maximum atomic E-state index is 11.1. The minimum atomic E-state index is -0.709. The largest absolute Gasteiger partial charge is 0.481 e. The van der Waals surface area contributed by atoms with E-state index in [1.807, 2.05) is 0 Å². The van der Waals surface area contributed by atoms with Gasteiger partial charge in [0.15, 0.2) is 0 Å². The molecule has 2 heterocycles. The van der Waals surface area contributed by atoms with Gasteiger partial charge in [-0.25, -0.2) is 4.98 Å². The molecule has 0 saturated heterocycles. The highest BCUT2D eigenvalue weighted by Crippen LogP contribution is 2.52. The second-order valence-corrected chi connectivity index (χ2v) is 6.29. The van der Waals surface area contributed by atoms with Crippen molar-refractivity contribution >= 4 is 51.7 Å². The fourth-order valence-corrected chi connectivity index (χ4v) is 3.79. The van der Waals surface area contributed by atoms with Gasteiger partial charge in [0.2, 0.25) is 0 Å². The number of aromatic nitrogens is 1. The summed E-state index contributed by atoms with van der Waals surface area (Å²) in [4.78, 5) is 15.4. The Bertz CT molecular complexity index is 541. The van der Waals surface area contributed by atoms with Crippen molar-refractivity contribution in [1.29, 1.82) is 0 Å². The molecule has 19 heavy (non-hydrogen) atoms. The van der Waals surface area contributed by atoms with Crippen LogP contribution in [0.3, 0.4) is 0 Å². The summed E-state index contributed by atoms with van der Waals surface area (Å²) in [5, 5.41) is 13.1. The molecule has 3 rings (SSSR count). The number of anilines is 1. The summed E-state index contributed by atoms with van der Waals surface area (Å²) in [5.74, 6) is -0.179. The number of fused-ring (bicyclic) bond motifs is 2. The van der Waals surface area contributed by atoms with Crippen molar-refractivity contribution in [3.05, 3.63) is 21.3 Å². The van der Waals surface area contributed by atoms with E-state index >= 15 is 0 Å². The lowest BCUT2D eigenvalue weighted by atomic mass is 9.80. The van der Waals surface area contributed by atoms with Crippen molar-refractivity contribution in [3.63, 3.8) is 0 Å². The Kier molecular flexibility index (Phi) is 4.00. The molecule has 2 atom stereocenters. The zero-order valence-corrected chi connectivity index (χ0v) is 13.1. The van der Waals surface area contributed by atoms with Crippen LogP contribution in [-0.4, -0.2) is 22.6 Å². The lowest BCUT2D eigenvalue weighted by Gasteiger charge is -2.24. The number of hydrogen-bond acceptors (Lipinski definition) is 3. The smallest absolute Gasteiger partial charge is 0.306 e. The van der Waals surface area contributed by atoms with E-state index in [2.05, 4.69) is 26.2 Å². The van der Waals surface area contributed by atoms with E-state index < -0.39 is 5.97 Å². The number of carbonyl (C=O) groups is 1. The summed E-state index contributed by atoms with van der Waals surface area (Å²) in [6.07, 6.45) is 3.87. The van der Waals surface area contributed by atoms with Crippen molar-refractivity contribution < 1.29 is 9.90 Å². The van der Waals surface area contributed by atoms with Crippen LogP contribution in [0.1, 0.15) is 24.8 Å². The quantitative estimate of drug-likeness (QED) is 0.797. The van der Waals surface area contributed by atoms with Crippen molar-refractivity contribution in [1.82, 2.24) is 4.98 Å². The highest BCUT2D eigenvalue weighted by molar-refractivity contribution is 9.10. The maximum Gasteiger partial charge on any atom is 0.306 e. The third kappa shape index (κ3) is 2.22. The van der Waals surface area contributed by atoms with Gasteiger partial charge in [-0.3, -0.25) is 4.79 Å². The first-order chi connectivity index (χ1) is 8.53. The number of carboxylic acids is 1. The number of aliphatic carboxylic acids is 1. The third-order valence-electron chi connectivity index (χ3n) is 4.06. The Labute approximate surface area is 130 Å². The summed E-state index contributed by atoms with van der Waals surface area (Å²) in [5.41, 5.74) is 0.828. The third-order valence-corrected chi connectivity index (χ3v) is 5.28. The minimum Gasteiger partial charge on any atom is -0.481 e. The van der Waals surface area contributed by atoms with Crippen LogP contribution in [0.2, 0.25) is 5.02 Å². The van der Waals surface area contributed by atoms with E-state index in [4.69, 9.17) is 16.7 Å². The molecule has 0 bridgehead atoms. The average molecular weight is 368 g/mol. The molecule has 1 aliphatic carbocycles. The van der Waals surface area contributed by atoms with Gasteiger partial charge in [-0.1, -0.05) is 11.6 Å². The summed E-state index contributed by atoms with van der Waals surface area (Å²) < 4.78 is 0.768. The van der Waals surface area contributed by atoms with Crippen molar-refractivity contribution in [2.24, 2.45) is 5.92 Å². The highest BCUT2D eigenvalue weighted by Gasteiger charge is 2.49. The van der Waals surface area contributed by atoms with Gasteiger partial charge in [0.05, 0.1) is 15.4 Å². The molecule has 7 heteroatoms.